The summed E-state index contributed by atoms with van der Waals surface area (Å²) in [6, 6.07) is 13.1. The molecular formula is C14H14BrNO3S. The number of nitrogens with one attached hydrogen (secondary N) is 1. The van der Waals surface area contributed by atoms with Crippen molar-refractivity contribution in [3.8, 4) is 5.75 Å². The van der Waals surface area contributed by atoms with Crippen LogP contribution in [0, 0.1) is 0 Å². The molecule has 0 fully saturated rings. The van der Waals surface area contributed by atoms with Gasteiger partial charge in [0.1, 0.15) is 10.6 Å². The molecule has 0 saturated heterocycles. The van der Waals surface area contributed by atoms with E-state index in [2.05, 4.69) is 21.2 Å². The predicted octanol–water partition coefficient (Wildman–Crippen LogP) is 2.94. The molecule has 0 aliphatic carbocycles. The number of hydrogen-bond acceptors (Lipinski definition) is 4. The Morgan fingerprint density at radius 1 is 1.15 bits per heavy atom. The van der Waals surface area contributed by atoms with Gasteiger partial charge in [0.15, 0.2) is 0 Å². The maximum Gasteiger partial charge on any atom is 0.339 e. The summed E-state index contributed by atoms with van der Waals surface area (Å²) >= 11 is 3.41. The van der Waals surface area contributed by atoms with Gasteiger partial charge in [0.25, 0.3) is 0 Å². The summed E-state index contributed by atoms with van der Waals surface area (Å²) in [4.78, 5) is 0.137. The lowest BCUT2D eigenvalue weighted by Gasteiger charge is -2.09. The van der Waals surface area contributed by atoms with Gasteiger partial charge in [-0.2, -0.15) is 8.42 Å². The molecule has 2 rings (SSSR count). The Kier molecular flexibility index (Phi) is 4.80. The quantitative estimate of drug-likeness (QED) is 0.837. The first kappa shape index (κ1) is 15.0. The molecule has 106 valence electrons. The second-order valence-electron chi connectivity index (χ2n) is 4.13. The fourth-order valence-electron chi connectivity index (χ4n) is 1.69. The van der Waals surface area contributed by atoms with Gasteiger partial charge in [0.05, 0.1) is 0 Å². The molecular weight excluding hydrogens is 342 g/mol. The van der Waals surface area contributed by atoms with E-state index >= 15 is 0 Å². The average molecular weight is 356 g/mol. The fraction of sp³-hybridized carbons (Fsp3) is 0.143. The van der Waals surface area contributed by atoms with E-state index in [0.29, 0.717) is 12.3 Å². The minimum Gasteiger partial charge on any atom is -0.379 e. The maximum absolute atomic E-state index is 12.1. The number of hydrogen-bond donors (Lipinski definition) is 1. The lowest BCUT2D eigenvalue weighted by molar-refractivity contribution is 0.485. The molecule has 6 heteroatoms. The van der Waals surface area contributed by atoms with Gasteiger partial charge < -0.3 is 9.50 Å². The molecule has 0 amide bonds. The van der Waals surface area contributed by atoms with Crippen molar-refractivity contribution in [2.24, 2.45) is 0 Å². The van der Waals surface area contributed by atoms with Crippen LogP contribution in [0.15, 0.2) is 57.9 Å². The van der Waals surface area contributed by atoms with E-state index in [0.717, 1.165) is 10.0 Å². The van der Waals surface area contributed by atoms with Crippen LogP contribution < -0.4 is 9.50 Å². The number of halogens is 1. The second kappa shape index (κ2) is 6.39. The highest BCUT2D eigenvalue weighted by Crippen LogP contribution is 2.25. The summed E-state index contributed by atoms with van der Waals surface area (Å²) in [6.07, 6.45) is 0. The third-order valence-electron chi connectivity index (χ3n) is 2.62. The van der Waals surface area contributed by atoms with Crippen LogP contribution >= 0.6 is 15.9 Å². The smallest absolute Gasteiger partial charge is 0.339 e. The van der Waals surface area contributed by atoms with Crippen LogP contribution in [-0.2, 0) is 16.7 Å². The van der Waals surface area contributed by atoms with E-state index in [1.54, 1.807) is 36.4 Å². The molecule has 1 N–H and O–H groups in total. The molecule has 0 unspecified atom stereocenters. The van der Waals surface area contributed by atoms with Crippen molar-refractivity contribution in [2.45, 2.75) is 11.4 Å². The molecule has 2 aromatic rings. The van der Waals surface area contributed by atoms with Crippen LogP contribution in [-0.4, -0.2) is 15.5 Å². The Labute approximate surface area is 127 Å². The van der Waals surface area contributed by atoms with Crippen LogP contribution in [0.5, 0.6) is 5.75 Å². The topological polar surface area (TPSA) is 55.4 Å². The molecule has 0 radical (unpaired) electrons. The van der Waals surface area contributed by atoms with E-state index in [1.165, 1.54) is 12.1 Å². The molecule has 0 bridgehead atoms. The first-order valence-electron chi connectivity index (χ1n) is 5.95. The van der Waals surface area contributed by atoms with Crippen LogP contribution in [0.1, 0.15) is 5.56 Å². The third kappa shape index (κ3) is 3.59. The lowest BCUT2D eigenvalue weighted by Crippen LogP contribution is -2.10. The zero-order chi connectivity index (χ0) is 14.6. The zero-order valence-corrected chi connectivity index (χ0v) is 13.2. The van der Waals surface area contributed by atoms with E-state index in [4.69, 9.17) is 4.18 Å². The van der Waals surface area contributed by atoms with E-state index in [1.807, 2.05) is 7.05 Å². The van der Waals surface area contributed by atoms with E-state index in [-0.39, 0.29) is 4.90 Å². The molecule has 4 nitrogen and oxygen atoms in total. The molecule has 0 atom stereocenters. The van der Waals surface area contributed by atoms with Crippen LogP contribution in [0.3, 0.4) is 0 Å². The van der Waals surface area contributed by atoms with Crippen molar-refractivity contribution in [1.29, 1.82) is 0 Å². The lowest BCUT2D eigenvalue weighted by atomic mass is 10.2. The summed E-state index contributed by atoms with van der Waals surface area (Å²) in [5.74, 6) is 0.294. The van der Waals surface area contributed by atoms with E-state index < -0.39 is 10.1 Å². The van der Waals surface area contributed by atoms with Crippen LogP contribution in [0.4, 0.5) is 0 Å². The summed E-state index contributed by atoms with van der Waals surface area (Å²) in [7, 11) is -1.97. The predicted molar refractivity (Wildman–Crippen MR) is 81.2 cm³/mol. The van der Waals surface area contributed by atoms with Gasteiger partial charge in [-0.15, -0.1) is 0 Å². The Morgan fingerprint density at radius 3 is 2.50 bits per heavy atom. The molecule has 0 saturated carbocycles. The van der Waals surface area contributed by atoms with Crippen molar-refractivity contribution in [1.82, 2.24) is 5.32 Å². The fourth-order valence-corrected chi connectivity index (χ4v) is 3.02. The Balaban J connectivity index is 2.28. The monoisotopic (exact) mass is 355 g/mol. The van der Waals surface area contributed by atoms with Gasteiger partial charge in [-0.1, -0.05) is 34.1 Å². The summed E-state index contributed by atoms with van der Waals surface area (Å²) in [5.41, 5.74) is 0.924. The van der Waals surface area contributed by atoms with Gasteiger partial charge in [-0.25, -0.2) is 0 Å². The number of benzene rings is 2. The standard InChI is InChI=1S/C14H14BrNO3S/c1-16-10-11-9-12(7-8-14(11)15)19-20(17,18)13-5-3-2-4-6-13/h2-9,16H,10H2,1H3. The van der Waals surface area contributed by atoms with Crippen molar-refractivity contribution in [3.05, 3.63) is 58.6 Å². The largest absolute Gasteiger partial charge is 0.379 e. The minimum atomic E-state index is -3.79. The molecule has 0 aliphatic rings. The van der Waals surface area contributed by atoms with E-state index in [9.17, 15) is 8.42 Å². The average Bonchev–Trinajstić information content (AvgIpc) is 2.43. The zero-order valence-electron chi connectivity index (χ0n) is 10.8. The van der Waals surface area contributed by atoms with Crippen LogP contribution in [0.25, 0.3) is 0 Å². The van der Waals surface area contributed by atoms with Gasteiger partial charge in [0.2, 0.25) is 0 Å². The molecule has 20 heavy (non-hydrogen) atoms. The number of rotatable bonds is 5. The van der Waals surface area contributed by atoms with Gasteiger partial charge >= 0.3 is 10.1 Å². The molecule has 0 aliphatic heterocycles. The molecule has 0 heterocycles. The third-order valence-corrected chi connectivity index (χ3v) is 4.66. The second-order valence-corrected chi connectivity index (χ2v) is 6.53. The SMILES string of the molecule is CNCc1cc(OS(=O)(=O)c2ccccc2)ccc1Br. The molecule has 0 aromatic heterocycles. The normalized spacial score (nSPS) is 11.3. The highest BCUT2D eigenvalue weighted by Gasteiger charge is 2.16. The summed E-state index contributed by atoms with van der Waals surface area (Å²) < 4.78 is 30.3. The maximum atomic E-state index is 12.1. The highest BCUT2D eigenvalue weighted by atomic mass is 79.9. The van der Waals surface area contributed by atoms with Gasteiger partial charge in [-0.3, -0.25) is 0 Å². The van der Waals surface area contributed by atoms with Gasteiger partial charge in [0, 0.05) is 11.0 Å². The van der Waals surface area contributed by atoms with Crippen molar-refractivity contribution < 1.29 is 12.6 Å². The Hall–Kier alpha value is -1.37. The van der Waals surface area contributed by atoms with Crippen LogP contribution in [0.2, 0.25) is 0 Å². The van der Waals surface area contributed by atoms with Gasteiger partial charge in [-0.05, 0) is 42.9 Å². The minimum absolute atomic E-state index is 0.137. The first-order valence-corrected chi connectivity index (χ1v) is 8.15. The Bertz CT molecular complexity index is 687. The molecule has 0 spiro atoms. The summed E-state index contributed by atoms with van der Waals surface area (Å²) in [6.45, 7) is 0.614. The first-order chi connectivity index (χ1) is 9.53. The van der Waals surface area contributed by atoms with Crippen molar-refractivity contribution >= 4 is 26.0 Å². The Morgan fingerprint density at radius 2 is 1.85 bits per heavy atom. The van der Waals surface area contributed by atoms with Crippen molar-refractivity contribution in [3.63, 3.8) is 0 Å². The summed E-state index contributed by atoms with van der Waals surface area (Å²) in [5, 5.41) is 3.01. The highest BCUT2D eigenvalue weighted by molar-refractivity contribution is 9.10. The molecule has 2 aromatic carbocycles. The van der Waals surface area contributed by atoms with Crippen molar-refractivity contribution in [2.75, 3.05) is 7.05 Å².